The zero-order chi connectivity index (χ0) is 20.1. The molecule has 0 bridgehead atoms. The van der Waals surface area contributed by atoms with Crippen LogP contribution < -0.4 is 15.8 Å². The molecule has 0 unspecified atom stereocenters. The maximum absolute atomic E-state index is 12.4. The summed E-state index contributed by atoms with van der Waals surface area (Å²) in [5, 5.41) is 4.63. The van der Waals surface area contributed by atoms with E-state index in [1.54, 1.807) is 55.7 Å². The molecule has 0 aliphatic carbocycles. The van der Waals surface area contributed by atoms with Crippen molar-refractivity contribution in [2.45, 2.75) is 13.0 Å². The van der Waals surface area contributed by atoms with Crippen LogP contribution in [0.15, 0.2) is 65.6 Å². The molecule has 1 heterocycles. The van der Waals surface area contributed by atoms with Gasteiger partial charge in [-0.05, 0) is 35.7 Å². The van der Waals surface area contributed by atoms with Gasteiger partial charge in [0.1, 0.15) is 6.54 Å². The molecule has 0 radical (unpaired) electrons. The Morgan fingerprint density at radius 3 is 2.68 bits per heavy atom. The number of rotatable bonds is 6. The fraction of sp³-hybridized carbons (Fsp3) is 0.190. The maximum Gasteiger partial charge on any atom is 0.258 e. The molecule has 144 valence electrons. The summed E-state index contributed by atoms with van der Waals surface area (Å²) < 4.78 is 1.36. The molecule has 1 N–H and O–H groups in total. The van der Waals surface area contributed by atoms with E-state index in [4.69, 9.17) is 11.6 Å². The highest BCUT2D eigenvalue weighted by molar-refractivity contribution is 6.30. The van der Waals surface area contributed by atoms with E-state index in [9.17, 15) is 14.4 Å². The van der Waals surface area contributed by atoms with Crippen molar-refractivity contribution < 1.29 is 9.59 Å². The molecular weight excluding hydrogens is 378 g/mol. The lowest BCUT2D eigenvalue weighted by Gasteiger charge is -2.17. The number of amides is 2. The van der Waals surface area contributed by atoms with Crippen LogP contribution >= 0.6 is 11.6 Å². The highest BCUT2D eigenvalue weighted by Gasteiger charge is 2.12. The number of aromatic nitrogens is 1. The van der Waals surface area contributed by atoms with Crippen molar-refractivity contribution in [2.75, 3.05) is 18.5 Å². The number of hydrogen-bond donors (Lipinski definition) is 1. The average molecular weight is 398 g/mol. The molecule has 7 heteroatoms. The summed E-state index contributed by atoms with van der Waals surface area (Å²) >= 11 is 5.94. The van der Waals surface area contributed by atoms with Gasteiger partial charge in [-0.1, -0.05) is 35.9 Å². The van der Waals surface area contributed by atoms with Crippen LogP contribution in [0.4, 0.5) is 5.69 Å². The minimum atomic E-state index is -0.324. The van der Waals surface area contributed by atoms with Gasteiger partial charge in [0.05, 0.1) is 0 Å². The second-order valence-electron chi connectivity index (χ2n) is 6.37. The minimum absolute atomic E-state index is 0.0952. The van der Waals surface area contributed by atoms with Gasteiger partial charge in [0.2, 0.25) is 11.8 Å². The smallest absolute Gasteiger partial charge is 0.258 e. The first kappa shape index (κ1) is 19.6. The van der Waals surface area contributed by atoms with Crippen LogP contribution in [0.25, 0.3) is 10.8 Å². The number of pyridine rings is 1. The third-order valence-electron chi connectivity index (χ3n) is 4.43. The van der Waals surface area contributed by atoms with Crippen molar-refractivity contribution in [3.8, 4) is 0 Å². The summed E-state index contributed by atoms with van der Waals surface area (Å²) in [7, 11) is 1.66. The van der Waals surface area contributed by atoms with Crippen LogP contribution in [-0.2, 0) is 16.1 Å². The molecule has 1 aromatic heterocycles. The first-order valence-electron chi connectivity index (χ1n) is 8.83. The maximum atomic E-state index is 12.4. The van der Waals surface area contributed by atoms with E-state index in [-0.39, 0.29) is 36.9 Å². The van der Waals surface area contributed by atoms with Gasteiger partial charge < -0.3 is 14.8 Å². The number of nitrogens with zero attached hydrogens (tertiary/aromatic N) is 2. The largest absolute Gasteiger partial charge is 0.354 e. The molecule has 0 aliphatic rings. The average Bonchev–Trinajstić information content (AvgIpc) is 2.69. The number of fused-ring (bicyclic) bond motifs is 1. The van der Waals surface area contributed by atoms with Crippen molar-refractivity contribution in [1.82, 2.24) is 9.88 Å². The van der Waals surface area contributed by atoms with Gasteiger partial charge >= 0.3 is 0 Å². The Balaban J connectivity index is 1.54. The number of halogens is 1. The number of anilines is 1. The molecule has 28 heavy (non-hydrogen) atoms. The molecule has 3 rings (SSSR count). The molecule has 2 aromatic carbocycles. The van der Waals surface area contributed by atoms with E-state index in [1.807, 2.05) is 12.1 Å². The molecular formula is C21H20ClN3O3. The van der Waals surface area contributed by atoms with Crippen LogP contribution in [0, 0.1) is 0 Å². The topological polar surface area (TPSA) is 71.4 Å². The standard InChI is InChI=1S/C21H20ClN3O3/c1-24(17-7-4-6-16(22)13-17)20(27)9-11-23-19(26)14-25-12-10-15-5-2-3-8-18(15)21(25)28/h2-8,10,12-13H,9,11,14H2,1H3,(H,23,26). The van der Waals surface area contributed by atoms with Gasteiger partial charge in [-0.2, -0.15) is 0 Å². The summed E-state index contributed by atoms with van der Waals surface area (Å²) in [5.41, 5.74) is 0.469. The van der Waals surface area contributed by atoms with E-state index in [0.717, 1.165) is 5.39 Å². The van der Waals surface area contributed by atoms with Gasteiger partial charge in [0, 0.05) is 42.3 Å². The summed E-state index contributed by atoms with van der Waals surface area (Å²) in [5.74, 6) is -0.471. The summed E-state index contributed by atoms with van der Waals surface area (Å²) in [4.78, 5) is 38.3. The van der Waals surface area contributed by atoms with Crippen LogP contribution in [0.5, 0.6) is 0 Å². The predicted octanol–water partition coefficient (Wildman–Crippen LogP) is 2.82. The first-order chi connectivity index (χ1) is 13.5. The lowest BCUT2D eigenvalue weighted by atomic mass is 10.2. The van der Waals surface area contributed by atoms with Crippen molar-refractivity contribution in [3.05, 3.63) is 76.2 Å². The zero-order valence-corrected chi connectivity index (χ0v) is 16.1. The fourth-order valence-corrected chi connectivity index (χ4v) is 3.05. The SMILES string of the molecule is CN(C(=O)CCNC(=O)Cn1ccc2ccccc2c1=O)c1cccc(Cl)c1. The summed E-state index contributed by atoms with van der Waals surface area (Å²) in [6.07, 6.45) is 1.74. The predicted molar refractivity (Wildman–Crippen MR) is 111 cm³/mol. The van der Waals surface area contributed by atoms with Gasteiger partial charge in [-0.25, -0.2) is 0 Å². The lowest BCUT2D eigenvalue weighted by Crippen LogP contribution is -2.35. The van der Waals surface area contributed by atoms with Crippen molar-refractivity contribution >= 4 is 39.9 Å². The van der Waals surface area contributed by atoms with Crippen molar-refractivity contribution in [2.24, 2.45) is 0 Å². The number of carbonyl (C=O) groups is 2. The Hall–Kier alpha value is -3.12. The van der Waals surface area contributed by atoms with Crippen LogP contribution in [0.1, 0.15) is 6.42 Å². The highest BCUT2D eigenvalue weighted by atomic mass is 35.5. The molecule has 0 saturated carbocycles. The number of hydrogen-bond acceptors (Lipinski definition) is 3. The quantitative estimate of drug-likeness (QED) is 0.695. The monoisotopic (exact) mass is 397 g/mol. The van der Waals surface area contributed by atoms with Crippen LogP contribution in [0.2, 0.25) is 5.02 Å². The Bertz CT molecular complexity index is 1080. The molecule has 0 aliphatic heterocycles. The first-order valence-corrected chi connectivity index (χ1v) is 9.20. The molecule has 0 saturated heterocycles. The second kappa shape index (κ2) is 8.71. The van der Waals surface area contributed by atoms with E-state index in [0.29, 0.717) is 16.1 Å². The van der Waals surface area contributed by atoms with E-state index in [2.05, 4.69) is 5.32 Å². The zero-order valence-electron chi connectivity index (χ0n) is 15.4. The molecule has 0 fully saturated rings. The Morgan fingerprint density at radius 1 is 1.11 bits per heavy atom. The van der Waals surface area contributed by atoms with Gasteiger partial charge in [-0.3, -0.25) is 14.4 Å². The second-order valence-corrected chi connectivity index (χ2v) is 6.81. The third-order valence-corrected chi connectivity index (χ3v) is 4.67. The normalized spacial score (nSPS) is 10.6. The number of benzene rings is 2. The molecule has 0 atom stereocenters. The number of nitrogens with one attached hydrogen (secondary N) is 1. The van der Waals surface area contributed by atoms with Gasteiger partial charge in [-0.15, -0.1) is 0 Å². The molecule has 0 spiro atoms. The van der Waals surface area contributed by atoms with E-state index < -0.39 is 0 Å². The fourth-order valence-electron chi connectivity index (χ4n) is 2.87. The number of carbonyl (C=O) groups excluding carboxylic acids is 2. The van der Waals surface area contributed by atoms with E-state index in [1.165, 1.54) is 9.47 Å². The van der Waals surface area contributed by atoms with Crippen LogP contribution in [0.3, 0.4) is 0 Å². The molecule has 3 aromatic rings. The lowest BCUT2D eigenvalue weighted by molar-refractivity contribution is -0.122. The molecule has 2 amide bonds. The van der Waals surface area contributed by atoms with Crippen molar-refractivity contribution in [3.63, 3.8) is 0 Å². The Morgan fingerprint density at radius 2 is 1.89 bits per heavy atom. The third kappa shape index (κ3) is 4.58. The van der Waals surface area contributed by atoms with E-state index >= 15 is 0 Å². The van der Waals surface area contributed by atoms with Crippen LogP contribution in [-0.4, -0.2) is 30.0 Å². The summed E-state index contributed by atoms with van der Waals surface area (Å²) in [6, 6.07) is 16.0. The Kier molecular flexibility index (Phi) is 6.11. The molecule has 6 nitrogen and oxygen atoms in total. The highest BCUT2D eigenvalue weighted by Crippen LogP contribution is 2.18. The van der Waals surface area contributed by atoms with Gasteiger partial charge in [0.25, 0.3) is 5.56 Å². The van der Waals surface area contributed by atoms with Crippen molar-refractivity contribution in [1.29, 1.82) is 0 Å². The Labute approximate surface area is 167 Å². The minimum Gasteiger partial charge on any atom is -0.354 e. The van der Waals surface area contributed by atoms with Gasteiger partial charge in [0.15, 0.2) is 0 Å². The summed E-state index contributed by atoms with van der Waals surface area (Å²) in [6.45, 7) is 0.0902.